The normalized spacial score (nSPS) is 11.1. The molecule has 1 aromatic carbocycles. The molecule has 0 N–H and O–H groups in total. The van der Waals surface area contributed by atoms with Gasteiger partial charge in [-0.15, -0.1) is 0 Å². The van der Waals surface area contributed by atoms with Crippen molar-refractivity contribution in [3.63, 3.8) is 0 Å². The predicted molar refractivity (Wildman–Crippen MR) is 85.2 cm³/mol. The molecule has 0 aliphatic heterocycles. The van der Waals surface area contributed by atoms with Gasteiger partial charge in [-0.3, -0.25) is 9.67 Å². The zero-order valence-corrected chi connectivity index (χ0v) is 12.0. The van der Waals surface area contributed by atoms with Crippen LogP contribution in [0.15, 0.2) is 67.4 Å². The zero-order chi connectivity index (χ0) is 14.8. The lowest BCUT2D eigenvalue weighted by molar-refractivity contribution is 0.536. The average molecular weight is 289 g/mol. The van der Waals surface area contributed by atoms with Gasteiger partial charge in [-0.2, -0.15) is 5.10 Å². The summed E-state index contributed by atoms with van der Waals surface area (Å²) in [7, 11) is 0. The molecule has 22 heavy (non-hydrogen) atoms. The van der Waals surface area contributed by atoms with Gasteiger partial charge in [0.05, 0.1) is 12.1 Å². The Bertz CT molecular complexity index is 887. The predicted octanol–water partition coefficient (Wildman–Crippen LogP) is 3.00. The first-order chi connectivity index (χ1) is 10.9. The molecule has 0 aliphatic carbocycles. The summed E-state index contributed by atoms with van der Waals surface area (Å²) in [5.74, 6) is 0.941. The number of fused-ring (bicyclic) bond motifs is 1. The highest BCUT2D eigenvalue weighted by atomic mass is 15.3. The van der Waals surface area contributed by atoms with E-state index in [-0.39, 0.29) is 0 Å². The van der Waals surface area contributed by atoms with Crippen LogP contribution in [-0.2, 0) is 13.1 Å². The van der Waals surface area contributed by atoms with Crippen molar-refractivity contribution in [3.05, 3.63) is 67.4 Å². The maximum absolute atomic E-state index is 4.53. The smallest absolute Gasteiger partial charge is 0.142 e. The van der Waals surface area contributed by atoms with Crippen molar-refractivity contribution in [3.8, 4) is 11.4 Å². The van der Waals surface area contributed by atoms with Crippen LogP contribution < -0.4 is 0 Å². The Morgan fingerprint density at radius 2 is 1.77 bits per heavy atom. The molecule has 5 heteroatoms. The number of benzene rings is 1. The standard InChI is InChI=1S/C17H15N5/c1-4-14-5-2-7-18-16(14)15(6-1)17-19-9-11-21(17)12-13-22-10-3-8-20-22/h1-11H,12-13H2. The number of nitrogens with zero attached hydrogens (tertiary/aromatic N) is 5. The van der Waals surface area contributed by atoms with Gasteiger partial charge in [0.1, 0.15) is 5.82 Å². The molecule has 0 saturated carbocycles. The Hall–Kier alpha value is -2.95. The van der Waals surface area contributed by atoms with Crippen LogP contribution in [0.25, 0.3) is 22.3 Å². The molecule has 0 fully saturated rings. The van der Waals surface area contributed by atoms with Crippen LogP contribution in [0.1, 0.15) is 0 Å². The SMILES string of the molecule is c1cnc2c(-c3nccn3CCn3cccn3)cccc2c1. The summed E-state index contributed by atoms with van der Waals surface area (Å²) >= 11 is 0. The van der Waals surface area contributed by atoms with E-state index < -0.39 is 0 Å². The molecule has 3 aromatic heterocycles. The molecule has 5 nitrogen and oxygen atoms in total. The van der Waals surface area contributed by atoms with E-state index in [1.54, 1.807) is 6.20 Å². The van der Waals surface area contributed by atoms with E-state index in [2.05, 4.69) is 37.8 Å². The Balaban J connectivity index is 1.72. The van der Waals surface area contributed by atoms with E-state index in [4.69, 9.17) is 0 Å². The van der Waals surface area contributed by atoms with Gasteiger partial charge in [0.15, 0.2) is 0 Å². The number of hydrogen-bond donors (Lipinski definition) is 0. The Labute approximate surface area is 127 Å². The van der Waals surface area contributed by atoms with Gasteiger partial charge >= 0.3 is 0 Å². The number of pyridine rings is 1. The lowest BCUT2D eigenvalue weighted by Crippen LogP contribution is -2.08. The van der Waals surface area contributed by atoms with Crippen LogP contribution in [0.3, 0.4) is 0 Å². The summed E-state index contributed by atoms with van der Waals surface area (Å²) in [5.41, 5.74) is 2.04. The molecule has 108 valence electrons. The van der Waals surface area contributed by atoms with E-state index in [1.165, 1.54) is 0 Å². The number of hydrogen-bond acceptors (Lipinski definition) is 3. The van der Waals surface area contributed by atoms with Crippen molar-refractivity contribution in [1.29, 1.82) is 0 Å². The van der Waals surface area contributed by atoms with Crippen molar-refractivity contribution < 1.29 is 0 Å². The van der Waals surface area contributed by atoms with Crippen molar-refractivity contribution in [2.75, 3.05) is 0 Å². The minimum atomic E-state index is 0.814. The van der Waals surface area contributed by atoms with E-state index in [0.29, 0.717) is 0 Å². The highest BCUT2D eigenvalue weighted by molar-refractivity contribution is 5.91. The molecule has 3 heterocycles. The highest BCUT2D eigenvalue weighted by Crippen LogP contribution is 2.25. The van der Waals surface area contributed by atoms with Crippen LogP contribution >= 0.6 is 0 Å². The molecular formula is C17H15N5. The van der Waals surface area contributed by atoms with E-state index in [1.807, 2.05) is 47.7 Å². The molecule has 4 aromatic rings. The van der Waals surface area contributed by atoms with E-state index in [0.717, 1.165) is 35.4 Å². The molecule has 0 atom stereocenters. The minimum absolute atomic E-state index is 0.814. The lowest BCUT2D eigenvalue weighted by Gasteiger charge is -2.10. The number of para-hydroxylation sites is 1. The fourth-order valence-corrected chi connectivity index (χ4v) is 2.66. The van der Waals surface area contributed by atoms with Crippen LogP contribution in [0.4, 0.5) is 0 Å². The van der Waals surface area contributed by atoms with Gasteiger partial charge in [-0.05, 0) is 18.2 Å². The number of aryl methyl sites for hydroxylation is 2. The number of aromatic nitrogens is 5. The third-order valence-electron chi connectivity index (χ3n) is 3.72. The fraction of sp³-hybridized carbons (Fsp3) is 0.118. The van der Waals surface area contributed by atoms with Crippen molar-refractivity contribution in [1.82, 2.24) is 24.3 Å². The highest BCUT2D eigenvalue weighted by Gasteiger charge is 2.10. The van der Waals surface area contributed by atoms with Gasteiger partial charge in [0.2, 0.25) is 0 Å². The van der Waals surface area contributed by atoms with Crippen molar-refractivity contribution >= 4 is 10.9 Å². The maximum atomic E-state index is 4.53. The van der Waals surface area contributed by atoms with Crippen molar-refractivity contribution in [2.45, 2.75) is 13.1 Å². The monoisotopic (exact) mass is 289 g/mol. The zero-order valence-electron chi connectivity index (χ0n) is 12.0. The Morgan fingerprint density at radius 3 is 2.68 bits per heavy atom. The summed E-state index contributed by atoms with van der Waals surface area (Å²) in [5, 5.41) is 5.37. The average Bonchev–Trinajstić information content (AvgIpc) is 3.24. The minimum Gasteiger partial charge on any atom is -0.329 e. The summed E-state index contributed by atoms with van der Waals surface area (Å²) in [6, 6.07) is 12.2. The number of imidazole rings is 1. The molecule has 0 spiro atoms. The third kappa shape index (κ3) is 2.26. The largest absolute Gasteiger partial charge is 0.329 e. The topological polar surface area (TPSA) is 48.5 Å². The van der Waals surface area contributed by atoms with E-state index in [9.17, 15) is 0 Å². The van der Waals surface area contributed by atoms with Gasteiger partial charge in [-0.1, -0.05) is 18.2 Å². The van der Waals surface area contributed by atoms with Crippen molar-refractivity contribution in [2.24, 2.45) is 0 Å². The summed E-state index contributed by atoms with van der Waals surface area (Å²) in [4.78, 5) is 9.05. The third-order valence-corrected chi connectivity index (χ3v) is 3.72. The fourth-order valence-electron chi connectivity index (χ4n) is 2.66. The van der Waals surface area contributed by atoms with Gasteiger partial charge in [-0.25, -0.2) is 4.98 Å². The molecule has 0 saturated heterocycles. The first-order valence-corrected chi connectivity index (χ1v) is 7.24. The molecule has 4 rings (SSSR count). The number of rotatable bonds is 4. The summed E-state index contributed by atoms with van der Waals surface area (Å²) in [6.07, 6.45) is 9.42. The molecule has 0 bridgehead atoms. The van der Waals surface area contributed by atoms with E-state index >= 15 is 0 Å². The first kappa shape index (κ1) is 12.8. The maximum Gasteiger partial charge on any atom is 0.142 e. The Kier molecular flexibility index (Phi) is 3.16. The molecule has 0 unspecified atom stereocenters. The van der Waals surface area contributed by atoms with Crippen LogP contribution in [0, 0.1) is 0 Å². The molecular weight excluding hydrogens is 274 g/mol. The first-order valence-electron chi connectivity index (χ1n) is 7.24. The lowest BCUT2D eigenvalue weighted by atomic mass is 10.1. The van der Waals surface area contributed by atoms with Crippen LogP contribution in [0.5, 0.6) is 0 Å². The van der Waals surface area contributed by atoms with Crippen LogP contribution in [-0.4, -0.2) is 24.3 Å². The van der Waals surface area contributed by atoms with Gasteiger partial charge < -0.3 is 4.57 Å². The Morgan fingerprint density at radius 1 is 0.818 bits per heavy atom. The molecule has 0 amide bonds. The summed E-state index contributed by atoms with van der Waals surface area (Å²) < 4.78 is 4.07. The summed E-state index contributed by atoms with van der Waals surface area (Å²) in [6.45, 7) is 1.63. The second kappa shape index (κ2) is 5.44. The second-order valence-corrected chi connectivity index (χ2v) is 5.09. The second-order valence-electron chi connectivity index (χ2n) is 5.09. The molecule has 0 aliphatic rings. The van der Waals surface area contributed by atoms with Crippen LogP contribution in [0.2, 0.25) is 0 Å². The van der Waals surface area contributed by atoms with Gasteiger partial charge in [0.25, 0.3) is 0 Å². The quantitative estimate of drug-likeness (QED) is 0.580. The molecule has 0 radical (unpaired) electrons. The van der Waals surface area contributed by atoms with Gasteiger partial charge in [0, 0.05) is 48.5 Å².